The standard InChI is InChI=1S/C14H9NO5/c15-6-2-1-5-9(13(6)19)14(20)11-8(17)4-3-7(16)10(11)12(5)18/h1-4,16-17,19H,15H2. The molecule has 6 nitrogen and oxygen atoms in total. The molecule has 0 fully saturated rings. The predicted molar refractivity (Wildman–Crippen MR) is 69.2 cm³/mol. The Hall–Kier alpha value is -3.02. The largest absolute Gasteiger partial charge is 0.507 e. The van der Waals surface area contributed by atoms with Gasteiger partial charge in [-0.15, -0.1) is 0 Å². The first-order chi connectivity index (χ1) is 9.43. The van der Waals surface area contributed by atoms with Gasteiger partial charge in [-0.05, 0) is 24.3 Å². The topological polar surface area (TPSA) is 121 Å². The number of hydrogen-bond donors (Lipinski definition) is 4. The van der Waals surface area contributed by atoms with E-state index in [0.717, 1.165) is 12.1 Å². The molecule has 0 unspecified atom stereocenters. The number of nitrogen functional groups attached to an aromatic ring is 1. The van der Waals surface area contributed by atoms with E-state index >= 15 is 0 Å². The second-order valence-electron chi connectivity index (χ2n) is 4.44. The Labute approximate surface area is 112 Å². The predicted octanol–water partition coefficient (Wildman–Crippen LogP) is 1.16. The van der Waals surface area contributed by atoms with Crippen molar-refractivity contribution in [1.29, 1.82) is 0 Å². The molecule has 20 heavy (non-hydrogen) atoms. The summed E-state index contributed by atoms with van der Waals surface area (Å²) in [7, 11) is 0. The Morgan fingerprint density at radius 2 is 1.30 bits per heavy atom. The Bertz CT molecular complexity index is 791. The van der Waals surface area contributed by atoms with Gasteiger partial charge in [0, 0.05) is 5.56 Å². The first-order valence-corrected chi connectivity index (χ1v) is 5.69. The summed E-state index contributed by atoms with van der Waals surface area (Å²) >= 11 is 0. The maximum absolute atomic E-state index is 12.4. The number of aromatic hydroxyl groups is 3. The van der Waals surface area contributed by atoms with Crippen LogP contribution >= 0.6 is 0 Å². The van der Waals surface area contributed by atoms with Crippen molar-refractivity contribution in [2.45, 2.75) is 0 Å². The smallest absolute Gasteiger partial charge is 0.202 e. The van der Waals surface area contributed by atoms with Crippen molar-refractivity contribution in [1.82, 2.24) is 0 Å². The lowest BCUT2D eigenvalue weighted by atomic mass is 9.82. The molecule has 0 spiro atoms. The number of carbonyl (C=O) groups excluding carboxylic acids is 2. The quantitative estimate of drug-likeness (QED) is 0.276. The summed E-state index contributed by atoms with van der Waals surface area (Å²) in [5, 5.41) is 29.4. The van der Waals surface area contributed by atoms with E-state index < -0.39 is 28.8 Å². The molecule has 6 heteroatoms. The summed E-state index contributed by atoms with van der Waals surface area (Å²) < 4.78 is 0. The van der Waals surface area contributed by atoms with Crippen molar-refractivity contribution in [3.8, 4) is 17.2 Å². The molecule has 0 saturated heterocycles. The summed E-state index contributed by atoms with van der Waals surface area (Å²) in [5.74, 6) is -2.76. The van der Waals surface area contributed by atoms with Crippen molar-refractivity contribution in [2.24, 2.45) is 0 Å². The number of carbonyl (C=O) groups is 2. The fourth-order valence-corrected chi connectivity index (χ4v) is 2.33. The molecule has 0 amide bonds. The molecule has 1 aliphatic carbocycles. The molecule has 0 radical (unpaired) electrons. The van der Waals surface area contributed by atoms with Crippen molar-refractivity contribution in [3.05, 3.63) is 46.5 Å². The lowest BCUT2D eigenvalue weighted by Gasteiger charge is -2.20. The maximum atomic E-state index is 12.4. The zero-order chi connectivity index (χ0) is 14.6. The Morgan fingerprint density at radius 1 is 0.750 bits per heavy atom. The monoisotopic (exact) mass is 271 g/mol. The minimum atomic E-state index is -0.757. The fraction of sp³-hybridized carbons (Fsp3) is 0. The van der Waals surface area contributed by atoms with E-state index in [0.29, 0.717) is 0 Å². The van der Waals surface area contributed by atoms with Crippen LogP contribution in [-0.4, -0.2) is 26.9 Å². The van der Waals surface area contributed by atoms with Crippen LogP contribution in [0.5, 0.6) is 17.2 Å². The van der Waals surface area contributed by atoms with E-state index in [2.05, 4.69) is 0 Å². The molecule has 3 rings (SSSR count). The van der Waals surface area contributed by atoms with Gasteiger partial charge in [-0.3, -0.25) is 9.59 Å². The third-order valence-electron chi connectivity index (χ3n) is 3.30. The third kappa shape index (κ3) is 1.33. The second-order valence-corrected chi connectivity index (χ2v) is 4.44. The first kappa shape index (κ1) is 12.0. The normalized spacial score (nSPS) is 13.0. The van der Waals surface area contributed by atoms with Gasteiger partial charge in [-0.1, -0.05) is 0 Å². The molecule has 1 aliphatic rings. The van der Waals surface area contributed by atoms with Crippen LogP contribution < -0.4 is 5.73 Å². The van der Waals surface area contributed by atoms with Crippen molar-refractivity contribution in [2.75, 3.05) is 5.73 Å². The summed E-state index contributed by atoms with van der Waals surface area (Å²) in [6.45, 7) is 0. The van der Waals surface area contributed by atoms with Crippen LogP contribution in [0.3, 0.4) is 0 Å². The van der Waals surface area contributed by atoms with Crippen LogP contribution in [0, 0.1) is 0 Å². The van der Waals surface area contributed by atoms with E-state index in [1.54, 1.807) is 0 Å². The molecule has 0 saturated carbocycles. The molecule has 2 aromatic rings. The van der Waals surface area contributed by atoms with Crippen molar-refractivity contribution < 1.29 is 24.9 Å². The highest BCUT2D eigenvalue weighted by Gasteiger charge is 2.36. The Balaban J connectivity index is 2.43. The van der Waals surface area contributed by atoms with Crippen molar-refractivity contribution >= 4 is 17.3 Å². The molecular formula is C14H9NO5. The molecule has 0 aliphatic heterocycles. The van der Waals surface area contributed by atoms with Gasteiger partial charge in [0.2, 0.25) is 5.78 Å². The Kier molecular flexibility index (Phi) is 2.25. The fourth-order valence-electron chi connectivity index (χ4n) is 2.33. The van der Waals surface area contributed by atoms with E-state index in [9.17, 15) is 24.9 Å². The van der Waals surface area contributed by atoms with Crippen LogP contribution in [0.25, 0.3) is 0 Å². The number of rotatable bonds is 0. The lowest BCUT2D eigenvalue weighted by molar-refractivity contribution is 0.0972. The van der Waals surface area contributed by atoms with Gasteiger partial charge in [-0.2, -0.15) is 0 Å². The number of hydrogen-bond acceptors (Lipinski definition) is 6. The van der Waals surface area contributed by atoms with Crippen molar-refractivity contribution in [3.63, 3.8) is 0 Å². The van der Waals surface area contributed by atoms with Gasteiger partial charge in [-0.25, -0.2) is 0 Å². The zero-order valence-electron chi connectivity index (χ0n) is 10.0. The van der Waals surface area contributed by atoms with E-state index in [4.69, 9.17) is 5.73 Å². The average Bonchev–Trinajstić information content (AvgIpc) is 2.41. The third-order valence-corrected chi connectivity index (χ3v) is 3.30. The molecule has 2 aromatic carbocycles. The zero-order valence-corrected chi connectivity index (χ0v) is 10.0. The second kappa shape index (κ2) is 3.74. The van der Waals surface area contributed by atoms with Crippen LogP contribution in [0.2, 0.25) is 0 Å². The SMILES string of the molecule is Nc1ccc2c(c1O)C(=O)c1c(O)ccc(O)c1C2=O. The van der Waals surface area contributed by atoms with Gasteiger partial charge in [0.15, 0.2) is 5.78 Å². The summed E-state index contributed by atoms with van der Waals surface area (Å²) in [6, 6.07) is 4.83. The molecule has 0 heterocycles. The molecular weight excluding hydrogens is 262 g/mol. The number of benzene rings is 2. The van der Waals surface area contributed by atoms with E-state index in [1.807, 2.05) is 0 Å². The van der Waals surface area contributed by atoms with Gasteiger partial charge in [0.1, 0.15) is 17.2 Å². The molecule has 0 aromatic heterocycles. The molecule has 0 bridgehead atoms. The van der Waals surface area contributed by atoms with E-state index in [-0.39, 0.29) is 27.9 Å². The van der Waals surface area contributed by atoms with Crippen LogP contribution in [0.1, 0.15) is 31.8 Å². The highest BCUT2D eigenvalue weighted by Crippen LogP contribution is 2.41. The number of phenols is 3. The van der Waals surface area contributed by atoms with Crippen LogP contribution in [-0.2, 0) is 0 Å². The molecule has 5 N–H and O–H groups in total. The van der Waals surface area contributed by atoms with Crippen LogP contribution in [0.15, 0.2) is 24.3 Å². The summed E-state index contributed by atoms with van der Waals surface area (Å²) in [4.78, 5) is 24.7. The van der Waals surface area contributed by atoms with Gasteiger partial charge in [0.25, 0.3) is 0 Å². The summed E-state index contributed by atoms with van der Waals surface area (Å²) in [5.41, 5.74) is 4.54. The number of anilines is 1. The lowest BCUT2D eigenvalue weighted by Crippen LogP contribution is -2.21. The minimum absolute atomic E-state index is 0.0482. The van der Waals surface area contributed by atoms with E-state index in [1.165, 1.54) is 12.1 Å². The molecule has 0 atom stereocenters. The maximum Gasteiger partial charge on any atom is 0.202 e. The van der Waals surface area contributed by atoms with Gasteiger partial charge in [0.05, 0.1) is 22.4 Å². The average molecular weight is 271 g/mol. The van der Waals surface area contributed by atoms with Crippen LogP contribution in [0.4, 0.5) is 5.69 Å². The number of ketones is 2. The minimum Gasteiger partial charge on any atom is -0.507 e. The highest BCUT2D eigenvalue weighted by atomic mass is 16.3. The van der Waals surface area contributed by atoms with Gasteiger partial charge >= 0.3 is 0 Å². The molecule has 100 valence electrons. The van der Waals surface area contributed by atoms with Gasteiger partial charge < -0.3 is 21.1 Å². The highest BCUT2D eigenvalue weighted by molar-refractivity contribution is 6.31. The summed E-state index contributed by atoms with van der Waals surface area (Å²) in [6.07, 6.45) is 0. The number of phenolic OH excluding ortho intramolecular Hbond substituents is 3. The first-order valence-electron chi connectivity index (χ1n) is 5.69. The Morgan fingerprint density at radius 3 is 1.90 bits per heavy atom. The number of nitrogens with two attached hydrogens (primary N) is 1. The number of fused-ring (bicyclic) bond motifs is 2.